The molecule has 0 unspecified atom stereocenters. The summed E-state index contributed by atoms with van der Waals surface area (Å²) in [5, 5.41) is 4.05. The summed E-state index contributed by atoms with van der Waals surface area (Å²) in [6.07, 6.45) is 1.75. The summed E-state index contributed by atoms with van der Waals surface area (Å²) in [7, 11) is 2.14. The van der Waals surface area contributed by atoms with Crippen LogP contribution in [0.5, 0.6) is 0 Å². The van der Waals surface area contributed by atoms with E-state index in [1.165, 1.54) is 6.33 Å². The lowest BCUT2D eigenvalue weighted by Gasteiger charge is -2.34. The van der Waals surface area contributed by atoms with Gasteiger partial charge in [0.05, 0.1) is 11.1 Å². The molecular weight excluding hydrogens is 464 g/mol. The van der Waals surface area contributed by atoms with Gasteiger partial charge < -0.3 is 20.9 Å². The molecule has 1 saturated heterocycles. The van der Waals surface area contributed by atoms with Crippen LogP contribution in [0.25, 0.3) is 10.9 Å². The number of nitrogens with two attached hydrogens (primary N) is 1. The molecule has 0 saturated carbocycles. The predicted molar refractivity (Wildman–Crippen MR) is 146 cm³/mol. The van der Waals surface area contributed by atoms with Crippen molar-refractivity contribution in [3.8, 4) is 0 Å². The summed E-state index contributed by atoms with van der Waals surface area (Å²) in [4.78, 5) is 38.0. The highest BCUT2D eigenvalue weighted by atomic mass is 16.1. The fourth-order valence-electron chi connectivity index (χ4n) is 4.67. The summed E-state index contributed by atoms with van der Waals surface area (Å²) < 4.78 is 0. The van der Waals surface area contributed by atoms with E-state index < -0.39 is 5.91 Å². The number of aromatic nitrogens is 2. The molecule has 188 valence electrons. The SMILES string of the molecule is CN1CCN(c2ccc(C(=O)Cc3cccc(CNc4ncnc5c(C(N)=O)cccc45)c3)cc2)CC1. The molecule has 8 nitrogen and oxygen atoms in total. The summed E-state index contributed by atoms with van der Waals surface area (Å²) in [5.74, 6) is 0.187. The molecule has 1 aliphatic heterocycles. The van der Waals surface area contributed by atoms with Gasteiger partial charge in [-0.3, -0.25) is 9.59 Å². The molecule has 1 aliphatic rings. The number of fused-ring (bicyclic) bond motifs is 1. The van der Waals surface area contributed by atoms with Gasteiger partial charge >= 0.3 is 0 Å². The first-order valence-corrected chi connectivity index (χ1v) is 12.4. The Morgan fingerprint density at radius 2 is 1.65 bits per heavy atom. The van der Waals surface area contributed by atoms with Crippen molar-refractivity contribution in [2.24, 2.45) is 5.73 Å². The van der Waals surface area contributed by atoms with Crippen molar-refractivity contribution in [2.45, 2.75) is 13.0 Å². The molecule has 3 N–H and O–H groups in total. The minimum absolute atomic E-state index is 0.0933. The van der Waals surface area contributed by atoms with Crippen LogP contribution >= 0.6 is 0 Å². The molecule has 5 rings (SSSR count). The van der Waals surface area contributed by atoms with E-state index in [0.717, 1.165) is 53.9 Å². The van der Waals surface area contributed by atoms with Crippen molar-refractivity contribution < 1.29 is 9.59 Å². The van der Waals surface area contributed by atoms with Gasteiger partial charge in [0.2, 0.25) is 0 Å². The molecule has 0 spiro atoms. The fraction of sp³-hybridized carbons (Fsp3) is 0.241. The third kappa shape index (κ3) is 5.59. The number of amides is 1. The Hall–Kier alpha value is -4.30. The Kier molecular flexibility index (Phi) is 7.09. The summed E-state index contributed by atoms with van der Waals surface area (Å²) in [5.41, 5.74) is 10.2. The van der Waals surface area contributed by atoms with Gasteiger partial charge in [0, 0.05) is 55.8 Å². The zero-order chi connectivity index (χ0) is 25.8. The molecule has 37 heavy (non-hydrogen) atoms. The lowest BCUT2D eigenvalue weighted by molar-refractivity contribution is 0.0988. The average Bonchev–Trinajstić information content (AvgIpc) is 2.92. The van der Waals surface area contributed by atoms with Crippen molar-refractivity contribution in [3.63, 3.8) is 0 Å². The summed E-state index contributed by atoms with van der Waals surface area (Å²) in [6.45, 7) is 4.61. The number of ketones is 1. The number of primary amides is 1. The Bertz CT molecular complexity index is 1430. The minimum atomic E-state index is -0.526. The first kappa shape index (κ1) is 24.4. The third-order valence-corrected chi connectivity index (χ3v) is 6.80. The standard InChI is InChI=1S/C29H30N6O2/c1-34-12-14-35(15-13-34)23-10-8-22(9-11-23)26(36)17-20-4-2-5-21(16-20)18-31-29-25-7-3-6-24(28(30)37)27(25)32-19-33-29/h2-11,16,19H,12-15,17-18H2,1H3,(H2,30,37)(H,31,32,33). The Morgan fingerprint density at radius 1 is 0.919 bits per heavy atom. The van der Waals surface area contributed by atoms with Crippen LogP contribution in [0, 0.1) is 0 Å². The number of rotatable bonds is 8. The topological polar surface area (TPSA) is 104 Å². The van der Waals surface area contributed by atoms with Gasteiger partial charge in [0.15, 0.2) is 5.78 Å². The number of hydrogen-bond donors (Lipinski definition) is 2. The molecule has 1 fully saturated rings. The molecule has 1 aromatic heterocycles. The Labute approximate surface area is 216 Å². The summed E-state index contributed by atoms with van der Waals surface area (Å²) in [6, 6.07) is 21.2. The highest BCUT2D eigenvalue weighted by Crippen LogP contribution is 2.23. The highest BCUT2D eigenvalue weighted by molar-refractivity contribution is 6.06. The number of carbonyl (C=O) groups excluding carboxylic acids is 2. The molecule has 3 aromatic carbocycles. The van der Waals surface area contributed by atoms with Crippen LogP contribution in [0.3, 0.4) is 0 Å². The van der Waals surface area contributed by atoms with E-state index in [-0.39, 0.29) is 5.78 Å². The maximum absolute atomic E-state index is 13.0. The van der Waals surface area contributed by atoms with Gasteiger partial charge in [-0.2, -0.15) is 0 Å². The first-order chi connectivity index (χ1) is 18.0. The van der Waals surface area contributed by atoms with Gasteiger partial charge in [-0.1, -0.05) is 30.3 Å². The van der Waals surface area contributed by atoms with E-state index in [2.05, 4.69) is 44.3 Å². The van der Waals surface area contributed by atoms with E-state index in [0.29, 0.717) is 29.9 Å². The monoisotopic (exact) mass is 494 g/mol. The van der Waals surface area contributed by atoms with Gasteiger partial charge in [-0.15, -0.1) is 0 Å². The molecule has 4 aromatic rings. The number of nitrogens with zero attached hydrogens (tertiary/aromatic N) is 4. The molecule has 2 heterocycles. The van der Waals surface area contributed by atoms with Crippen molar-refractivity contribution in [1.82, 2.24) is 14.9 Å². The summed E-state index contributed by atoms with van der Waals surface area (Å²) >= 11 is 0. The number of carbonyl (C=O) groups is 2. The van der Waals surface area contributed by atoms with Crippen molar-refractivity contribution >= 4 is 34.1 Å². The van der Waals surface area contributed by atoms with Gasteiger partial charge in [0.25, 0.3) is 5.91 Å². The van der Waals surface area contributed by atoms with Crippen LogP contribution in [0.15, 0.2) is 73.1 Å². The zero-order valence-corrected chi connectivity index (χ0v) is 20.9. The lowest BCUT2D eigenvalue weighted by Crippen LogP contribution is -2.44. The predicted octanol–water partition coefficient (Wildman–Crippen LogP) is 3.52. The molecule has 0 radical (unpaired) electrons. The van der Waals surface area contributed by atoms with Gasteiger partial charge in [0.1, 0.15) is 12.1 Å². The maximum Gasteiger partial charge on any atom is 0.250 e. The third-order valence-electron chi connectivity index (χ3n) is 6.80. The second-order valence-electron chi connectivity index (χ2n) is 9.40. The van der Waals surface area contributed by atoms with E-state index in [1.54, 1.807) is 12.1 Å². The lowest BCUT2D eigenvalue weighted by atomic mass is 10.0. The van der Waals surface area contributed by atoms with E-state index in [4.69, 9.17) is 5.73 Å². The number of piperazine rings is 1. The Balaban J connectivity index is 1.24. The van der Waals surface area contributed by atoms with Crippen LogP contribution < -0.4 is 16.0 Å². The average molecular weight is 495 g/mol. The highest BCUT2D eigenvalue weighted by Gasteiger charge is 2.15. The van der Waals surface area contributed by atoms with Crippen LogP contribution in [0.1, 0.15) is 31.8 Å². The number of hydrogen-bond acceptors (Lipinski definition) is 7. The van der Waals surface area contributed by atoms with Crippen LogP contribution in [-0.2, 0) is 13.0 Å². The fourth-order valence-corrected chi connectivity index (χ4v) is 4.67. The van der Waals surface area contributed by atoms with Crippen LogP contribution in [-0.4, -0.2) is 59.8 Å². The van der Waals surface area contributed by atoms with E-state index in [9.17, 15) is 9.59 Å². The van der Waals surface area contributed by atoms with E-state index >= 15 is 0 Å². The minimum Gasteiger partial charge on any atom is -0.369 e. The quantitative estimate of drug-likeness (QED) is 0.361. The second-order valence-corrected chi connectivity index (χ2v) is 9.40. The molecule has 1 amide bonds. The van der Waals surface area contributed by atoms with Gasteiger partial charge in [-0.25, -0.2) is 9.97 Å². The molecule has 0 aliphatic carbocycles. The number of benzene rings is 3. The zero-order valence-electron chi connectivity index (χ0n) is 20.9. The second kappa shape index (κ2) is 10.8. The normalized spacial score (nSPS) is 14.0. The number of para-hydroxylation sites is 1. The smallest absolute Gasteiger partial charge is 0.250 e. The number of Topliss-reactive ketones (excluding diaryl/α,β-unsaturated/α-hetero) is 1. The number of likely N-dealkylation sites (N-methyl/N-ethyl adjacent to an activating group) is 1. The number of anilines is 2. The largest absolute Gasteiger partial charge is 0.369 e. The first-order valence-electron chi connectivity index (χ1n) is 12.4. The van der Waals surface area contributed by atoms with Crippen LogP contribution in [0.2, 0.25) is 0 Å². The number of nitrogens with one attached hydrogen (secondary N) is 1. The van der Waals surface area contributed by atoms with Crippen molar-refractivity contribution in [3.05, 3.63) is 95.3 Å². The molecule has 0 atom stereocenters. The molecule has 0 bridgehead atoms. The molecule has 8 heteroatoms. The molecular formula is C29H30N6O2. The van der Waals surface area contributed by atoms with Crippen LogP contribution in [0.4, 0.5) is 11.5 Å². The maximum atomic E-state index is 13.0. The van der Waals surface area contributed by atoms with Crippen molar-refractivity contribution in [1.29, 1.82) is 0 Å². The van der Waals surface area contributed by atoms with E-state index in [1.807, 2.05) is 42.5 Å². The Morgan fingerprint density at radius 3 is 2.41 bits per heavy atom. The van der Waals surface area contributed by atoms with Crippen molar-refractivity contribution in [2.75, 3.05) is 43.4 Å². The van der Waals surface area contributed by atoms with Gasteiger partial charge in [-0.05, 0) is 54.6 Å².